The van der Waals surface area contributed by atoms with E-state index in [1.54, 1.807) is 0 Å². The molecule has 0 spiro atoms. The van der Waals surface area contributed by atoms with Crippen LogP contribution in [0.1, 0.15) is 36.0 Å². The van der Waals surface area contributed by atoms with Crippen molar-refractivity contribution in [1.82, 2.24) is 20.5 Å². The fourth-order valence-electron chi connectivity index (χ4n) is 2.75. The first-order chi connectivity index (χ1) is 10.2. The second-order valence-electron chi connectivity index (χ2n) is 5.92. The first-order valence-corrected chi connectivity index (χ1v) is 7.60. The summed E-state index contributed by atoms with van der Waals surface area (Å²) in [6.45, 7) is 2.11. The molecule has 0 radical (unpaired) electrons. The average molecular weight is 285 g/mol. The lowest BCUT2D eigenvalue weighted by atomic mass is 9.99. The molecule has 0 bridgehead atoms. The van der Waals surface area contributed by atoms with Gasteiger partial charge < -0.3 is 10.2 Å². The van der Waals surface area contributed by atoms with Crippen LogP contribution in [0.25, 0.3) is 0 Å². The molecule has 3 rings (SSSR count). The summed E-state index contributed by atoms with van der Waals surface area (Å²) in [6.07, 6.45) is 3.20. The van der Waals surface area contributed by atoms with Gasteiger partial charge in [-0.1, -0.05) is 12.1 Å². The van der Waals surface area contributed by atoms with Gasteiger partial charge in [0.25, 0.3) is 0 Å². The number of aromatic nitrogens is 3. The minimum Gasteiger partial charge on any atom is -0.378 e. The van der Waals surface area contributed by atoms with E-state index in [2.05, 4.69) is 63.8 Å². The van der Waals surface area contributed by atoms with Crippen LogP contribution in [0.2, 0.25) is 0 Å². The Labute approximate surface area is 125 Å². The first-order valence-electron chi connectivity index (χ1n) is 7.60. The number of hydrogen-bond donors (Lipinski definition) is 2. The Bertz CT molecular complexity index is 567. The second-order valence-corrected chi connectivity index (χ2v) is 5.92. The van der Waals surface area contributed by atoms with Gasteiger partial charge in [0.05, 0.1) is 0 Å². The Morgan fingerprint density at radius 3 is 2.71 bits per heavy atom. The molecule has 5 heteroatoms. The molecule has 1 aliphatic heterocycles. The monoisotopic (exact) mass is 285 g/mol. The van der Waals surface area contributed by atoms with Crippen LogP contribution in [0, 0.1) is 0 Å². The zero-order valence-electron chi connectivity index (χ0n) is 12.8. The Hall–Kier alpha value is -1.88. The molecule has 2 N–H and O–H groups in total. The van der Waals surface area contributed by atoms with Crippen molar-refractivity contribution in [3.05, 3.63) is 41.5 Å². The maximum atomic E-state index is 4.67. The Balaban J connectivity index is 1.66. The molecule has 1 unspecified atom stereocenters. The van der Waals surface area contributed by atoms with Crippen molar-refractivity contribution in [3.63, 3.8) is 0 Å². The van der Waals surface area contributed by atoms with Crippen LogP contribution < -0.4 is 10.2 Å². The number of piperidine rings is 1. The van der Waals surface area contributed by atoms with E-state index in [9.17, 15) is 0 Å². The van der Waals surface area contributed by atoms with Crippen molar-refractivity contribution in [2.45, 2.75) is 25.2 Å². The lowest BCUT2D eigenvalue weighted by Gasteiger charge is -2.19. The third-order valence-electron chi connectivity index (χ3n) is 4.04. The highest BCUT2D eigenvalue weighted by Gasteiger charge is 2.19. The highest BCUT2D eigenvalue weighted by molar-refractivity contribution is 5.46. The summed E-state index contributed by atoms with van der Waals surface area (Å²) in [5.41, 5.74) is 2.47. The summed E-state index contributed by atoms with van der Waals surface area (Å²) in [5, 5.41) is 10.9. The van der Waals surface area contributed by atoms with Crippen LogP contribution in [0.3, 0.4) is 0 Å². The molecule has 2 heterocycles. The summed E-state index contributed by atoms with van der Waals surface area (Å²) in [5.74, 6) is 2.37. The van der Waals surface area contributed by atoms with Crippen LogP contribution >= 0.6 is 0 Å². The first kappa shape index (κ1) is 14.1. The summed E-state index contributed by atoms with van der Waals surface area (Å²) in [4.78, 5) is 6.77. The van der Waals surface area contributed by atoms with Crippen LogP contribution in [0.15, 0.2) is 24.3 Å². The normalized spacial score (nSPS) is 18.7. The summed E-state index contributed by atoms with van der Waals surface area (Å²) >= 11 is 0. The van der Waals surface area contributed by atoms with Gasteiger partial charge in [-0.05, 0) is 37.1 Å². The number of hydrogen-bond acceptors (Lipinski definition) is 4. The third-order valence-corrected chi connectivity index (χ3v) is 4.04. The number of anilines is 1. The van der Waals surface area contributed by atoms with Gasteiger partial charge in [-0.25, -0.2) is 4.98 Å². The van der Waals surface area contributed by atoms with Crippen molar-refractivity contribution in [2.24, 2.45) is 0 Å². The molecule has 2 aromatic rings. The average Bonchev–Trinajstić information content (AvgIpc) is 2.97. The summed E-state index contributed by atoms with van der Waals surface area (Å²) in [6, 6.07) is 8.58. The SMILES string of the molecule is CN(C)c1ccc(Cc2nc(C3CCCNC3)n[nH]2)cc1. The minimum atomic E-state index is 0.458. The molecule has 5 nitrogen and oxygen atoms in total. The van der Waals surface area contributed by atoms with Gasteiger partial charge in [-0.3, -0.25) is 5.10 Å². The van der Waals surface area contributed by atoms with E-state index in [4.69, 9.17) is 0 Å². The van der Waals surface area contributed by atoms with Gasteiger partial charge in [-0.2, -0.15) is 5.10 Å². The minimum absolute atomic E-state index is 0.458. The lowest BCUT2D eigenvalue weighted by Crippen LogP contribution is -2.28. The van der Waals surface area contributed by atoms with Gasteiger partial charge in [0, 0.05) is 38.7 Å². The zero-order valence-corrected chi connectivity index (χ0v) is 12.8. The zero-order chi connectivity index (χ0) is 14.7. The summed E-state index contributed by atoms with van der Waals surface area (Å²) < 4.78 is 0. The molecule has 1 aromatic heterocycles. The topological polar surface area (TPSA) is 56.8 Å². The lowest BCUT2D eigenvalue weighted by molar-refractivity contribution is 0.447. The number of benzene rings is 1. The maximum Gasteiger partial charge on any atom is 0.155 e. The molecule has 1 aliphatic rings. The molecule has 1 aromatic carbocycles. The van der Waals surface area contributed by atoms with Crippen LogP contribution in [0.5, 0.6) is 0 Å². The predicted octanol–water partition coefficient (Wildman–Crippen LogP) is 1.93. The van der Waals surface area contributed by atoms with Crippen molar-refractivity contribution in [2.75, 3.05) is 32.1 Å². The molecule has 1 atom stereocenters. The quantitative estimate of drug-likeness (QED) is 0.901. The standard InChI is InChI=1S/C16H23N5/c1-21(2)14-7-5-12(6-8-14)10-15-18-16(20-19-15)13-4-3-9-17-11-13/h5-8,13,17H,3-4,9-11H2,1-2H3,(H,18,19,20). The highest BCUT2D eigenvalue weighted by Crippen LogP contribution is 2.20. The highest BCUT2D eigenvalue weighted by atomic mass is 15.2. The Morgan fingerprint density at radius 1 is 1.24 bits per heavy atom. The molecule has 112 valence electrons. The van der Waals surface area contributed by atoms with Gasteiger partial charge in [0.2, 0.25) is 0 Å². The van der Waals surface area contributed by atoms with E-state index in [-0.39, 0.29) is 0 Å². The van der Waals surface area contributed by atoms with E-state index in [1.807, 2.05) is 0 Å². The third kappa shape index (κ3) is 3.42. The van der Waals surface area contributed by atoms with Gasteiger partial charge in [0.1, 0.15) is 5.82 Å². The van der Waals surface area contributed by atoms with E-state index < -0.39 is 0 Å². The Kier molecular flexibility index (Phi) is 4.20. The van der Waals surface area contributed by atoms with E-state index >= 15 is 0 Å². The fourth-order valence-corrected chi connectivity index (χ4v) is 2.75. The summed E-state index contributed by atoms with van der Waals surface area (Å²) in [7, 11) is 4.10. The number of rotatable bonds is 4. The van der Waals surface area contributed by atoms with Crippen molar-refractivity contribution >= 4 is 5.69 Å². The van der Waals surface area contributed by atoms with Crippen LogP contribution in [0.4, 0.5) is 5.69 Å². The number of H-pyrrole nitrogens is 1. The molecule has 1 saturated heterocycles. The number of nitrogens with one attached hydrogen (secondary N) is 2. The number of aromatic amines is 1. The fraction of sp³-hybridized carbons (Fsp3) is 0.500. The van der Waals surface area contributed by atoms with E-state index in [0.717, 1.165) is 31.2 Å². The van der Waals surface area contributed by atoms with Crippen LogP contribution in [-0.4, -0.2) is 42.4 Å². The van der Waals surface area contributed by atoms with Gasteiger partial charge >= 0.3 is 0 Å². The maximum absolute atomic E-state index is 4.67. The number of nitrogens with zero attached hydrogens (tertiary/aromatic N) is 3. The van der Waals surface area contributed by atoms with Crippen molar-refractivity contribution in [3.8, 4) is 0 Å². The van der Waals surface area contributed by atoms with Gasteiger partial charge in [-0.15, -0.1) is 0 Å². The molecular formula is C16H23N5. The van der Waals surface area contributed by atoms with Crippen LogP contribution in [-0.2, 0) is 6.42 Å². The van der Waals surface area contributed by atoms with Gasteiger partial charge in [0.15, 0.2) is 5.82 Å². The van der Waals surface area contributed by atoms with Crippen molar-refractivity contribution in [1.29, 1.82) is 0 Å². The molecule has 21 heavy (non-hydrogen) atoms. The van der Waals surface area contributed by atoms with Crippen molar-refractivity contribution < 1.29 is 0 Å². The second kappa shape index (κ2) is 6.26. The predicted molar refractivity (Wildman–Crippen MR) is 84.8 cm³/mol. The molecular weight excluding hydrogens is 262 g/mol. The molecule has 0 saturated carbocycles. The Morgan fingerprint density at radius 2 is 2.05 bits per heavy atom. The largest absolute Gasteiger partial charge is 0.378 e. The van der Waals surface area contributed by atoms with E-state index in [0.29, 0.717) is 5.92 Å². The molecule has 0 amide bonds. The van der Waals surface area contributed by atoms with E-state index in [1.165, 1.54) is 24.1 Å². The molecule has 1 fully saturated rings. The smallest absolute Gasteiger partial charge is 0.155 e. The molecule has 0 aliphatic carbocycles.